The Hall–Kier alpha value is -1.69. The Morgan fingerprint density at radius 3 is 2.75 bits per heavy atom. The number of ether oxygens (including phenoxy) is 1. The molecule has 24 heavy (non-hydrogen) atoms. The smallest absolute Gasteiger partial charge is 0.137 e. The summed E-state index contributed by atoms with van der Waals surface area (Å²) in [5, 5.41) is 16.2. The lowest BCUT2D eigenvalue weighted by atomic mass is 9.70. The number of halogens is 1. The van der Waals surface area contributed by atoms with E-state index >= 15 is 0 Å². The SMILES string of the molecule is CO[C@@]1(C)CC/C(=C\c2ccc(Cl)cc2)C[C@@]1(O)Cn1cncn1. The molecule has 3 rings (SSSR count). The van der Waals surface area contributed by atoms with Crippen LogP contribution >= 0.6 is 11.6 Å². The number of rotatable bonds is 4. The minimum Gasteiger partial charge on any atom is -0.385 e. The van der Waals surface area contributed by atoms with Crippen molar-refractivity contribution in [2.24, 2.45) is 0 Å². The van der Waals surface area contributed by atoms with E-state index in [1.54, 1.807) is 18.1 Å². The third-order valence-electron chi connectivity index (χ3n) is 5.01. The van der Waals surface area contributed by atoms with Crippen LogP contribution in [0.25, 0.3) is 6.08 Å². The monoisotopic (exact) mass is 347 g/mol. The largest absolute Gasteiger partial charge is 0.385 e. The predicted octanol–water partition coefficient (Wildman–Crippen LogP) is 3.34. The number of aromatic nitrogens is 3. The fraction of sp³-hybridized carbons (Fsp3) is 0.444. The molecule has 5 nitrogen and oxygen atoms in total. The lowest BCUT2D eigenvalue weighted by molar-refractivity contribution is -0.180. The highest BCUT2D eigenvalue weighted by molar-refractivity contribution is 6.30. The molecule has 0 spiro atoms. The molecule has 0 amide bonds. The minimum absolute atomic E-state index is 0.343. The van der Waals surface area contributed by atoms with Gasteiger partial charge in [-0.2, -0.15) is 5.10 Å². The van der Waals surface area contributed by atoms with Gasteiger partial charge < -0.3 is 9.84 Å². The van der Waals surface area contributed by atoms with Crippen LogP contribution in [-0.4, -0.2) is 38.2 Å². The first-order valence-electron chi connectivity index (χ1n) is 7.99. The summed E-state index contributed by atoms with van der Waals surface area (Å²) in [7, 11) is 1.65. The molecule has 1 saturated carbocycles. The Bertz CT molecular complexity index is 714. The van der Waals surface area contributed by atoms with Crippen LogP contribution in [0.5, 0.6) is 0 Å². The van der Waals surface area contributed by atoms with Crippen molar-refractivity contribution in [1.29, 1.82) is 0 Å². The van der Waals surface area contributed by atoms with Crippen LogP contribution in [0.15, 0.2) is 42.5 Å². The summed E-state index contributed by atoms with van der Waals surface area (Å²) in [4.78, 5) is 3.96. The molecule has 0 radical (unpaired) electrons. The summed E-state index contributed by atoms with van der Waals surface area (Å²) in [6.45, 7) is 2.30. The molecule has 1 aliphatic rings. The van der Waals surface area contributed by atoms with E-state index in [1.807, 2.05) is 31.2 Å². The number of hydrogen-bond donors (Lipinski definition) is 1. The van der Waals surface area contributed by atoms with Gasteiger partial charge in [0.2, 0.25) is 0 Å². The molecule has 1 heterocycles. The molecule has 1 N–H and O–H groups in total. The third kappa shape index (κ3) is 3.38. The average Bonchev–Trinajstić information content (AvgIpc) is 3.06. The lowest BCUT2D eigenvalue weighted by Crippen LogP contribution is -2.58. The van der Waals surface area contributed by atoms with Gasteiger partial charge in [0.15, 0.2) is 0 Å². The molecule has 128 valence electrons. The van der Waals surface area contributed by atoms with Crippen molar-refractivity contribution in [3.05, 3.63) is 53.1 Å². The normalized spacial score (nSPS) is 29.1. The van der Waals surface area contributed by atoms with Gasteiger partial charge in [0.05, 0.1) is 12.1 Å². The van der Waals surface area contributed by atoms with E-state index in [2.05, 4.69) is 16.2 Å². The Labute approximate surface area is 146 Å². The number of aliphatic hydroxyl groups is 1. The van der Waals surface area contributed by atoms with Crippen molar-refractivity contribution in [2.45, 2.75) is 43.9 Å². The first-order valence-corrected chi connectivity index (χ1v) is 8.37. The van der Waals surface area contributed by atoms with Gasteiger partial charge in [-0.1, -0.05) is 35.4 Å². The molecule has 1 aliphatic carbocycles. The molecule has 1 aromatic heterocycles. The predicted molar refractivity (Wildman–Crippen MR) is 93.7 cm³/mol. The Balaban J connectivity index is 1.87. The van der Waals surface area contributed by atoms with Gasteiger partial charge in [0.25, 0.3) is 0 Å². The van der Waals surface area contributed by atoms with Crippen molar-refractivity contribution in [3.63, 3.8) is 0 Å². The van der Waals surface area contributed by atoms with E-state index in [9.17, 15) is 5.11 Å². The number of methoxy groups -OCH3 is 1. The van der Waals surface area contributed by atoms with Crippen molar-refractivity contribution >= 4 is 17.7 Å². The van der Waals surface area contributed by atoms with Crippen LogP contribution in [0.2, 0.25) is 5.02 Å². The highest BCUT2D eigenvalue weighted by atomic mass is 35.5. The molecule has 0 unspecified atom stereocenters. The number of hydrogen-bond acceptors (Lipinski definition) is 4. The second-order valence-electron chi connectivity index (χ2n) is 6.59. The molecule has 0 bridgehead atoms. The zero-order chi connectivity index (χ0) is 17.2. The van der Waals surface area contributed by atoms with E-state index in [-0.39, 0.29) is 0 Å². The van der Waals surface area contributed by atoms with Crippen LogP contribution < -0.4 is 0 Å². The van der Waals surface area contributed by atoms with E-state index in [0.717, 1.165) is 23.4 Å². The Morgan fingerprint density at radius 2 is 2.12 bits per heavy atom. The standard InChI is InChI=1S/C18H22ClN3O2/c1-17(24-2)8-7-15(9-14-3-5-16(19)6-4-14)10-18(17,23)11-22-13-20-12-21-22/h3-6,9,12-13,23H,7-8,10-11H2,1-2H3/b15-9+/t17-,18+/m0/s1. The first-order chi connectivity index (χ1) is 11.4. The molecule has 2 aromatic rings. The molecule has 2 atom stereocenters. The second-order valence-corrected chi connectivity index (χ2v) is 7.03. The van der Waals surface area contributed by atoms with E-state index in [1.165, 1.54) is 11.9 Å². The van der Waals surface area contributed by atoms with Gasteiger partial charge in [-0.05, 0) is 37.5 Å². The highest BCUT2D eigenvalue weighted by Gasteiger charge is 2.50. The lowest BCUT2D eigenvalue weighted by Gasteiger charge is -2.48. The molecular weight excluding hydrogens is 326 g/mol. The summed E-state index contributed by atoms with van der Waals surface area (Å²) >= 11 is 5.94. The highest BCUT2D eigenvalue weighted by Crippen LogP contribution is 2.43. The van der Waals surface area contributed by atoms with Gasteiger partial charge in [-0.15, -0.1) is 0 Å². The maximum absolute atomic E-state index is 11.4. The molecular formula is C18H22ClN3O2. The molecule has 0 aliphatic heterocycles. The molecule has 1 fully saturated rings. The van der Waals surface area contributed by atoms with Gasteiger partial charge in [0.1, 0.15) is 18.3 Å². The Kier molecular flexibility index (Phi) is 4.76. The fourth-order valence-electron chi connectivity index (χ4n) is 3.30. The van der Waals surface area contributed by atoms with Crippen molar-refractivity contribution in [3.8, 4) is 0 Å². The number of nitrogens with zero attached hydrogens (tertiary/aromatic N) is 3. The fourth-order valence-corrected chi connectivity index (χ4v) is 3.42. The Morgan fingerprint density at radius 1 is 1.38 bits per heavy atom. The van der Waals surface area contributed by atoms with Gasteiger partial charge in [-0.25, -0.2) is 9.67 Å². The van der Waals surface area contributed by atoms with E-state index in [4.69, 9.17) is 16.3 Å². The second kappa shape index (κ2) is 6.67. The molecule has 6 heteroatoms. The van der Waals surface area contributed by atoms with Crippen LogP contribution in [0.4, 0.5) is 0 Å². The van der Waals surface area contributed by atoms with Crippen molar-refractivity contribution < 1.29 is 9.84 Å². The van der Waals surface area contributed by atoms with Gasteiger partial charge in [0, 0.05) is 18.6 Å². The van der Waals surface area contributed by atoms with E-state index < -0.39 is 11.2 Å². The minimum atomic E-state index is -1.05. The summed E-state index contributed by atoms with van der Waals surface area (Å²) in [6.07, 6.45) is 7.37. The average molecular weight is 348 g/mol. The van der Waals surface area contributed by atoms with E-state index in [0.29, 0.717) is 13.0 Å². The van der Waals surface area contributed by atoms with Crippen LogP contribution in [0.3, 0.4) is 0 Å². The number of benzene rings is 1. The summed E-state index contributed by atoms with van der Waals surface area (Å²) in [5.41, 5.74) is 0.593. The zero-order valence-corrected chi connectivity index (χ0v) is 14.7. The first kappa shape index (κ1) is 17.1. The topological polar surface area (TPSA) is 60.2 Å². The maximum Gasteiger partial charge on any atom is 0.137 e. The zero-order valence-electron chi connectivity index (χ0n) is 13.9. The van der Waals surface area contributed by atoms with Crippen LogP contribution in [0, 0.1) is 0 Å². The quantitative estimate of drug-likeness (QED) is 0.921. The van der Waals surface area contributed by atoms with Crippen molar-refractivity contribution in [1.82, 2.24) is 14.8 Å². The van der Waals surface area contributed by atoms with Crippen molar-refractivity contribution in [2.75, 3.05) is 7.11 Å². The molecule has 0 saturated heterocycles. The van der Waals surface area contributed by atoms with Gasteiger partial charge >= 0.3 is 0 Å². The maximum atomic E-state index is 11.4. The summed E-state index contributed by atoms with van der Waals surface area (Å²) in [6, 6.07) is 7.71. The summed E-state index contributed by atoms with van der Waals surface area (Å²) < 4.78 is 7.36. The van der Waals surface area contributed by atoms with Crippen LogP contribution in [-0.2, 0) is 11.3 Å². The van der Waals surface area contributed by atoms with Gasteiger partial charge in [-0.3, -0.25) is 0 Å². The third-order valence-corrected chi connectivity index (χ3v) is 5.26. The van der Waals surface area contributed by atoms with Crippen LogP contribution in [0.1, 0.15) is 31.7 Å². The summed E-state index contributed by atoms with van der Waals surface area (Å²) in [5.74, 6) is 0. The molecule has 1 aromatic carbocycles.